The zero-order chi connectivity index (χ0) is 14.5. The SMILES string of the molecule is O=c1c(O)ccc2[nH]c3cc(C(F)(F)F)ccc3cc1-2. The van der Waals surface area contributed by atoms with E-state index >= 15 is 0 Å². The molecule has 2 aliphatic rings. The second-order valence-electron chi connectivity index (χ2n) is 4.44. The minimum atomic E-state index is -4.42. The molecule has 1 aliphatic heterocycles. The molecule has 0 saturated carbocycles. The Morgan fingerprint density at radius 3 is 2.50 bits per heavy atom. The lowest BCUT2D eigenvalue weighted by molar-refractivity contribution is -0.137. The maximum Gasteiger partial charge on any atom is 0.416 e. The number of phenols is 1. The zero-order valence-electron chi connectivity index (χ0n) is 9.95. The number of hydrogen-bond acceptors (Lipinski definition) is 2. The van der Waals surface area contributed by atoms with Crippen molar-refractivity contribution in [3.8, 4) is 17.0 Å². The molecule has 3 nitrogen and oxygen atoms in total. The van der Waals surface area contributed by atoms with Crippen LogP contribution in [0.25, 0.3) is 22.2 Å². The molecule has 3 rings (SSSR count). The number of H-pyrrole nitrogens is 1. The summed E-state index contributed by atoms with van der Waals surface area (Å²) in [6, 6.07) is 7.36. The Balaban J connectivity index is 2.34. The van der Waals surface area contributed by atoms with Crippen LogP contribution in [0.4, 0.5) is 13.2 Å². The third-order valence-electron chi connectivity index (χ3n) is 3.13. The maximum absolute atomic E-state index is 12.6. The van der Waals surface area contributed by atoms with E-state index < -0.39 is 22.9 Å². The molecule has 0 spiro atoms. The molecule has 1 aliphatic carbocycles. The average molecular weight is 279 g/mol. The number of phenolic OH excluding ortho intramolecular Hbond substituents is 1. The predicted molar refractivity (Wildman–Crippen MR) is 67.9 cm³/mol. The summed E-state index contributed by atoms with van der Waals surface area (Å²) in [5, 5.41) is 9.83. The lowest BCUT2D eigenvalue weighted by atomic mass is 10.0. The Hall–Kier alpha value is -2.50. The number of aromatic amines is 1. The van der Waals surface area contributed by atoms with Crippen molar-refractivity contribution in [1.29, 1.82) is 0 Å². The van der Waals surface area contributed by atoms with Gasteiger partial charge in [-0.05, 0) is 35.7 Å². The second kappa shape index (κ2) is 4.00. The zero-order valence-corrected chi connectivity index (χ0v) is 9.95. The fraction of sp³-hybridized carbons (Fsp3) is 0.0714. The van der Waals surface area contributed by atoms with E-state index in [1.54, 1.807) is 0 Å². The van der Waals surface area contributed by atoms with Crippen LogP contribution in [0.3, 0.4) is 0 Å². The third-order valence-corrected chi connectivity index (χ3v) is 3.13. The van der Waals surface area contributed by atoms with Gasteiger partial charge in [-0.1, -0.05) is 6.07 Å². The van der Waals surface area contributed by atoms with Gasteiger partial charge < -0.3 is 10.1 Å². The highest BCUT2D eigenvalue weighted by molar-refractivity contribution is 5.86. The van der Waals surface area contributed by atoms with Gasteiger partial charge in [-0.2, -0.15) is 13.2 Å². The molecule has 0 unspecified atom stereocenters. The summed E-state index contributed by atoms with van der Waals surface area (Å²) < 4.78 is 37.9. The number of aromatic nitrogens is 1. The number of fused-ring (bicyclic) bond motifs is 2. The fourth-order valence-electron chi connectivity index (χ4n) is 2.11. The van der Waals surface area contributed by atoms with Crippen molar-refractivity contribution in [1.82, 2.24) is 4.98 Å². The topological polar surface area (TPSA) is 53.1 Å². The molecule has 0 amide bonds. The van der Waals surface area contributed by atoms with Crippen molar-refractivity contribution in [3.63, 3.8) is 0 Å². The number of halogens is 3. The number of hydrogen-bond donors (Lipinski definition) is 2. The van der Waals surface area contributed by atoms with E-state index in [-0.39, 0.29) is 11.1 Å². The number of aromatic hydroxyl groups is 1. The molecule has 1 heterocycles. The van der Waals surface area contributed by atoms with Gasteiger partial charge in [0.25, 0.3) is 0 Å². The first-order chi connectivity index (χ1) is 9.36. The van der Waals surface area contributed by atoms with Gasteiger partial charge in [0, 0.05) is 11.1 Å². The highest BCUT2D eigenvalue weighted by atomic mass is 19.4. The molecule has 1 aromatic rings. The molecule has 20 heavy (non-hydrogen) atoms. The van der Waals surface area contributed by atoms with E-state index in [0.717, 1.165) is 12.1 Å². The first-order valence-electron chi connectivity index (χ1n) is 5.72. The lowest BCUT2D eigenvalue weighted by Gasteiger charge is -2.11. The van der Waals surface area contributed by atoms with E-state index in [1.165, 1.54) is 24.3 Å². The molecule has 0 saturated heterocycles. The number of benzene rings is 2. The predicted octanol–water partition coefficient (Wildman–Crippen LogP) is 3.36. The summed E-state index contributed by atoms with van der Waals surface area (Å²) in [6.45, 7) is 0. The van der Waals surface area contributed by atoms with E-state index in [9.17, 15) is 23.1 Å². The number of pyridine rings is 1. The molecule has 1 aromatic carbocycles. The summed E-state index contributed by atoms with van der Waals surface area (Å²) in [4.78, 5) is 14.5. The van der Waals surface area contributed by atoms with E-state index in [4.69, 9.17) is 0 Å². The van der Waals surface area contributed by atoms with Crippen LogP contribution in [0, 0.1) is 0 Å². The molecule has 102 valence electrons. The van der Waals surface area contributed by atoms with Crippen LogP contribution in [0.1, 0.15) is 5.56 Å². The van der Waals surface area contributed by atoms with Crippen LogP contribution < -0.4 is 5.43 Å². The number of rotatable bonds is 0. The van der Waals surface area contributed by atoms with Crippen LogP contribution >= 0.6 is 0 Å². The molecular formula is C14H8F3NO2. The first-order valence-corrected chi connectivity index (χ1v) is 5.72. The minimum absolute atomic E-state index is 0.234. The Bertz CT molecular complexity index is 836. The van der Waals surface area contributed by atoms with Gasteiger partial charge >= 0.3 is 6.18 Å². The van der Waals surface area contributed by atoms with Crippen LogP contribution in [-0.4, -0.2) is 10.1 Å². The van der Waals surface area contributed by atoms with E-state index in [0.29, 0.717) is 11.1 Å². The largest absolute Gasteiger partial charge is 0.504 e. The maximum atomic E-state index is 12.6. The number of nitrogens with one attached hydrogen (secondary N) is 1. The van der Waals surface area contributed by atoms with Gasteiger partial charge in [0.15, 0.2) is 5.75 Å². The Morgan fingerprint density at radius 1 is 1.05 bits per heavy atom. The molecular weight excluding hydrogens is 271 g/mol. The van der Waals surface area contributed by atoms with Gasteiger partial charge in [-0.15, -0.1) is 0 Å². The van der Waals surface area contributed by atoms with E-state index in [2.05, 4.69) is 4.98 Å². The number of alkyl halides is 3. The van der Waals surface area contributed by atoms with Crippen molar-refractivity contribution >= 4 is 10.9 Å². The molecule has 0 radical (unpaired) electrons. The van der Waals surface area contributed by atoms with Gasteiger partial charge in [0.2, 0.25) is 5.43 Å². The van der Waals surface area contributed by atoms with Crippen molar-refractivity contribution in [3.05, 3.63) is 52.2 Å². The Morgan fingerprint density at radius 2 is 1.80 bits per heavy atom. The van der Waals surface area contributed by atoms with Crippen molar-refractivity contribution < 1.29 is 18.3 Å². The van der Waals surface area contributed by atoms with Crippen LogP contribution in [0.2, 0.25) is 0 Å². The van der Waals surface area contributed by atoms with Crippen molar-refractivity contribution in [2.24, 2.45) is 0 Å². The fourth-order valence-corrected chi connectivity index (χ4v) is 2.11. The molecule has 0 aromatic heterocycles. The van der Waals surface area contributed by atoms with Crippen LogP contribution in [0.15, 0.2) is 41.2 Å². The second-order valence-corrected chi connectivity index (χ2v) is 4.44. The quantitative estimate of drug-likeness (QED) is 0.620. The molecule has 2 N–H and O–H groups in total. The summed E-state index contributed by atoms with van der Waals surface area (Å²) in [6.07, 6.45) is -4.42. The van der Waals surface area contributed by atoms with Gasteiger partial charge in [0.1, 0.15) is 0 Å². The smallest absolute Gasteiger partial charge is 0.416 e. The molecule has 0 atom stereocenters. The van der Waals surface area contributed by atoms with Crippen molar-refractivity contribution in [2.45, 2.75) is 6.18 Å². The summed E-state index contributed by atoms with van der Waals surface area (Å²) >= 11 is 0. The summed E-state index contributed by atoms with van der Waals surface area (Å²) in [5.41, 5.74) is -0.434. The van der Waals surface area contributed by atoms with Gasteiger partial charge in [0.05, 0.1) is 11.3 Å². The third kappa shape index (κ3) is 1.89. The Kier molecular flexibility index (Phi) is 2.50. The van der Waals surface area contributed by atoms with Crippen LogP contribution in [-0.2, 0) is 6.18 Å². The molecule has 0 bridgehead atoms. The highest BCUT2D eigenvalue weighted by Crippen LogP contribution is 2.32. The Labute approximate surface area is 110 Å². The molecule has 6 heteroatoms. The van der Waals surface area contributed by atoms with E-state index in [1.807, 2.05) is 0 Å². The molecule has 0 fully saturated rings. The monoisotopic (exact) mass is 279 g/mol. The average Bonchev–Trinajstić information content (AvgIpc) is 2.40. The lowest BCUT2D eigenvalue weighted by Crippen LogP contribution is -2.07. The van der Waals surface area contributed by atoms with Gasteiger partial charge in [-0.25, -0.2) is 0 Å². The summed E-state index contributed by atoms with van der Waals surface area (Å²) in [5.74, 6) is -0.392. The minimum Gasteiger partial charge on any atom is -0.504 e. The van der Waals surface area contributed by atoms with Gasteiger partial charge in [-0.3, -0.25) is 4.79 Å². The summed E-state index contributed by atoms with van der Waals surface area (Å²) in [7, 11) is 0. The standard InChI is InChI=1S/C14H8F3NO2/c15-14(16,17)8-2-1-7-5-9-10(18-11(7)6-8)3-4-12(19)13(9)20/h1-6,18-19H. The van der Waals surface area contributed by atoms with Crippen LogP contribution in [0.5, 0.6) is 5.75 Å². The first kappa shape index (κ1) is 12.5. The van der Waals surface area contributed by atoms with Crippen molar-refractivity contribution in [2.75, 3.05) is 0 Å². The normalized spacial score (nSPS) is 12.2. The highest BCUT2D eigenvalue weighted by Gasteiger charge is 2.30.